The smallest absolute Gasteiger partial charge is 0.226 e. The molecule has 0 aromatic heterocycles. The maximum atomic E-state index is 15.0. The molecule has 358 valence electrons. The number of rotatable bonds is 13. The summed E-state index contributed by atoms with van der Waals surface area (Å²) in [5, 5.41) is 5.78. The van der Waals surface area contributed by atoms with E-state index in [1.165, 1.54) is 24.3 Å². The standard InChI is InChI=1S/C52H70F2N6O6/c1-31-27-57(14-16-59(31)51(65)35-8-5-6-9-35)29-42-21-44(54)26-46(34(42)4)56-50(64)24-40-19-39(22-48(40)62)36-12-13-38(18-36)52(66)60-17-15-58(28-32(60)2)30-41-20-43(53)25-45(33(41)3)55-49(63)23-37-10-7-11-47(37)61/h20-21,25-26,31-32,35-40H,5-19,22-24,27-30H2,1-4H3,(H,55,63)(H,56,64)/t31-,32-,36?,37?,38?,39?,40?/m0/s1. The first-order valence-electron chi connectivity index (χ1n) is 24.9. The van der Waals surface area contributed by atoms with Crippen LogP contribution in [0, 0.1) is 61.0 Å². The number of hydrogen-bond acceptors (Lipinski definition) is 8. The van der Waals surface area contributed by atoms with Gasteiger partial charge in [0.25, 0.3) is 0 Å². The second kappa shape index (κ2) is 20.8. The van der Waals surface area contributed by atoms with E-state index in [1.54, 1.807) is 0 Å². The van der Waals surface area contributed by atoms with Crippen LogP contribution in [0.4, 0.5) is 20.2 Å². The van der Waals surface area contributed by atoms with Gasteiger partial charge < -0.3 is 20.4 Å². The number of carbonyl (C=O) groups is 6. The molecule has 2 aliphatic heterocycles. The average Bonchev–Trinajstić information content (AvgIpc) is 4.11. The van der Waals surface area contributed by atoms with Crippen molar-refractivity contribution in [1.82, 2.24) is 19.6 Å². The molecule has 4 aliphatic carbocycles. The molecular weight excluding hydrogens is 843 g/mol. The number of carbonyl (C=O) groups excluding carboxylic acids is 6. The summed E-state index contributed by atoms with van der Waals surface area (Å²) in [5.41, 5.74) is 3.98. The number of Topliss-reactive ketones (excluding diaryl/α,β-unsaturated/α-hetero) is 2. The van der Waals surface area contributed by atoms with E-state index in [0.717, 1.165) is 73.6 Å². The fraction of sp³-hybridized carbons (Fsp3) is 0.654. The van der Waals surface area contributed by atoms with Crippen molar-refractivity contribution in [3.8, 4) is 0 Å². The lowest BCUT2D eigenvalue weighted by molar-refractivity contribution is -0.140. The molecule has 8 rings (SSSR count). The third-order valence-corrected chi connectivity index (χ3v) is 16.3. The monoisotopic (exact) mass is 913 g/mol. The molecule has 4 amide bonds. The zero-order valence-corrected chi connectivity index (χ0v) is 39.5. The highest BCUT2D eigenvalue weighted by molar-refractivity contribution is 5.96. The van der Waals surface area contributed by atoms with Crippen molar-refractivity contribution >= 4 is 46.6 Å². The summed E-state index contributed by atoms with van der Waals surface area (Å²) in [6.07, 6.45) is 9.77. The van der Waals surface area contributed by atoms with Gasteiger partial charge in [0.15, 0.2) is 0 Å². The Hall–Kier alpha value is -4.56. The molecule has 4 saturated carbocycles. The SMILES string of the molecule is Cc1c(CN2CCN(C(=O)C3CCCC3)[C@@H](C)C2)cc(F)cc1NC(=O)CC1CC(C2CCC(C(=O)N3CCN(Cc4cc(F)cc(NC(=O)CC5CCCC5=O)c4C)C[C@@H]3C)C2)CC1=O. The van der Waals surface area contributed by atoms with Gasteiger partial charge in [-0.05, 0) is 137 Å². The summed E-state index contributed by atoms with van der Waals surface area (Å²) in [6, 6.07) is 5.73. The molecule has 6 aliphatic rings. The van der Waals surface area contributed by atoms with E-state index >= 15 is 4.39 Å². The van der Waals surface area contributed by atoms with E-state index in [0.29, 0.717) is 89.4 Å². The van der Waals surface area contributed by atoms with Crippen molar-refractivity contribution < 1.29 is 37.5 Å². The van der Waals surface area contributed by atoms with Gasteiger partial charge in [-0.2, -0.15) is 0 Å². The molecule has 2 N–H and O–H groups in total. The van der Waals surface area contributed by atoms with E-state index in [9.17, 15) is 33.2 Å². The Bertz CT molecular complexity index is 2190. The molecular formula is C52H70F2N6O6. The lowest BCUT2D eigenvalue weighted by atomic mass is 9.87. The number of anilines is 2. The van der Waals surface area contributed by atoms with Crippen LogP contribution in [0.15, 0.2) is 24.3 Å². The maximum absolute atomic E-state index is 15.0. The molecule has 14 heteroatoms. The van der Waals surface area contributed by atoms with Gasteiger partial charge in [0.1, 0.15) is 23.2 Å². The van der Waals surface area contributed by atoms with Crippen molar-refractivity contribution in [2.75, 3.05) is 49.9 Å². The van der Waals surface area contributed by atoms with Gasteiger partial charge in [0, 0.05) is 125 Å². The summed E-state index contributed by atoms with van der Waals surface area (Å²) in [6.45, 7) is 12.7. The van der Waals surface area contributed by atoms with Gasteiger partial charge >= 0.3 is 0 Å². The largest absolute Gasteiger partial charge is 0.337 e. The minimum absolute atomic E-state index is 0.0413. The topological polar surface area (TPSA) is 139 Å². The van der Waals surface area contributed by atoms with E-state index in [2.05, 4.69) is 27.4 Å². The predicted molar refractivity (Wildman–Crippen MR) is 248 cm³/mol. The Kier molecular flexibility index (Phi) is 15.1. The molecule has 0 radical (unpaired) electrons. The Morgan fingerprint density at radius 3 is 1.65 bits per heavy atom. The zero-order valence-electron chi connectivity index (χ0n) is 39.5. The van der Waals surface area contributed by atoms with Crippen LogP contribution in [0.25, 0.3) is 0 Å². The lowest BCUT2D eigenvalue weighted by Gasteiger charge is -2.41. The molecule has 12 nitrogen and oxygen atoms in total. The van der Waals surface area contributed by atoms with Gasteiger partial charge in [-0.25, -0.2) is 8.78 Å². The summed E-state index contributed by atoms with van der Waals surface area (Å²) < 4.78 is 29.9. The van der Waals surface area contributed by atoms with Crippen molar-refractivity contribution in [2.45, 2.75) is 143 Å². The van der Waals surface area contributed by atoms with Crippen molar-refractivity contribution in [3.05, 3.63) is 58.2 Å². The number of benzene rings is 2. The van der Waals surface area contributed by atoms with Gasteiger partial charge in [-0.3, -0.25) is 38.6 Å². The van der Waals surface area contributed by atoms with Crippen LogP contribution in [0.3, 0.4) is 0 Å². The van der Waals surface area contributed by atoms with Crippen LogP contribution in [-0.2, 0) is 41.9 Å². The molecule has 6 fully saturated rings. The van der Waals surface area contributed by atoms with Crippen LogP contribution in [0.1, 0.15) is 126 Å². The fourth-order valence-corrected chi connectivity index (χ4v) is 12.4. The number of halogens is 2. The molecule has 2 aromatic rings. The summed E-state index contributed by atoms with van der Waals surface area (Å²) >= 11 is 0. The first kappa shape index (κ1) is 47.9. The quantitative estimate of drug-likeness (QED) is 0.210. The predicted octanol–water partition coefficient (Wildman–Crippen LogP) is 7.58. The van der Waals surface area contributed by atoms with Crippen molar-refractivity contribution in [3.63, 3.8) is 0 Å². The molecule has 2 heterocycles. The maximum Gasteiger partial charge on any atom is 0.226 e. The number of hydrogen-bond donors (Lipinski definition) is 2. The number of nitrogens with one attached hydrogen (secondary N) is 2. The molecule has 2 aromatic carbocycles. The average molecular weight is 913 g/mol. The Balaban J connectivity index is 0.786. The third kappa shape index (κ3) is 11.1. The van der Waals surface area contributed by atoms with E-state index < -0.39 is 17.6 Å². The van der Waals surface area contributed by atoms with Crippen LogP contribution >= 0.6 is 0 Å². The van der Waals surface area contributed by atoms with Crippen LogP contribution < -0.4 is 10.6 Å². The highest BCUT2D eigenvalue weighted by Gasteiger charge is 2.44. The molecule has 5 unspecified atom stereocenters. The molecule has 0 spiro atoms. The first-order chi connectivity index (χ1) is 31.6. The van der Waals surface area contributed by atoms with Gasteiger partial charge in [0.2, 0.25) is 23.6 Å². The van der Waals surface area contributed by atoms with Crippen LogP contribution in [-0.4, -0.2) is 106 Å². The Labute approximate surface area is 388 Å². The van der Waals surface area contributed by atoms with Crippen molar-refractivity contribution in [1.29, 1.82) is 0 Å². The van der Waals surface area contributed by atoms with Crippen LogP contribution in [0.5, 0.6) is 0 Å². The highest BCUT2D eigenvalue weighted by atomic mass is 19.1. The first-order valence-corrected chi connectivity index (χ1v) is 24.9. The number of ketones is 2. The fourth-order valence-electron chi connectivity index (χ4n) is 12.4. The highest BCUT2D eigenvalue weighted by Crippen LogP contribution is 2.45. The second-order valence-electron chi connectivity index (χ2n) is 20.9. The summed E-state index contributed by atoms with van der Waals surface area (Å²) in [5.74, 6) is -1.13. The Morgan fingerprint density at radius 2 is 1.14 bits per heavy atom. The number of nitrogens with zero attached hydrogens (tertiary/aromatic N) is 4. The van der Waals surface area contributed by atoms with Gasteiger partial charge in [0.05, 0.1) is 0 Å². The van der Waals surface area contributed by atoms with Crippen LogP contribution in [0.2, 0.25) is 0 Å². The van der Waals surface area contributed by atoms with E-state index in [4.69, 9.17) is 0 Å². The summed E-state index contributed by atoms with van der Waals surface area (Å²) in [4.78, 5) is 87.2. The lowest BCUT2D eigenvalue weighted by Crippen LogP contribution is -2.54. The second-order valence-corrected chi connectivity index (χ2v) is 20.9. The van der Waals surface area contributed by atoms with E-state index in [1.807, 2.05) is 30.6 Å². The summed E-state index contributed by atoms with van der Waals surface area (Å²) in [7, 11) is 0. The van der Waals surface area contributed by atoms with Crippen molar-refractivity contribution in [2.24, 2.45) is 35.5 Å². The molecule has 0 bridgehead atoms. The van der Waals surface area contributed by atoms with Gasteiger partial charge in [-0.15, -0.1) is 0 Å². The minimum Gasteiger partial charge on any atom is -0.337 e. The van der Waals surface area contributed by atoms with E-state index in [-0.39, 0.29) is 89.7 Å². The molecule has 66 heavy (non-hydrogen) atoms. The Morgan fingerprint density at radius 1 is 0.606 bits per heavy atom. The normalized spacial score (nSPS) is 27.8. The number of piperazine rings is 2. The zero-order chi connectivity index (χ0) is 46.8. The third-order valence-electron chi connectivity index (χ3n) is 16.3. The number of amides is 4. The minimum atomic E-state index is -0.437. The molecule has 2 saturated heterocycles. The molecule has 7 atom stereocenters. The van der Waals surface area contributed by atoms with Gasteiger partial charge in [-0.1, -0.05) is 12.8 Å².